The molecular formula is C13H20O10. The van der Waals surface area contributed by atoms with Crippen LogP contribution in [0.1, 0.15) is 39.5 Å². The molecule has 0 aromatic rings. The number of ether oxygens (including phenoxy) is 2. The summed E-state index contributed by atoms with van der Waals surface area (Å²) in [6, 6.07) is 0. The summed E-state index contributed by atoms with van der Waals surface area (Å²) >= 11 is 0. The Hall–Kier alpha value is -2.36. The van der Waals surface area contributed by atoms with Gasteiger partial charge in [-0.15, -0.1) is 0 Å². The van der Waals surface area contributed by atoms with Gasteiger partial charge in [-0.25, -0.2) is 4.79 Å². The van der Waals surface area contributed by atoms with Crippen LogP contribution in [0, 0.1) is 0 Å². The molecule has 0 aliphatic rings. The number of carbonyl (C=O) groups is 4. The van der Waals surface area contributed by atoms with Gasteiger partial charge < -0.3 is 19.7 Å². The molecule has 0 aromatic carbocycles. The average Bonchev–Trinajstić information content (AvgIpc) is 2.40. The van der Waals surface area contributed by atoms with Gasteiger partial charge in [0.05, 0.1) is 25.9 Å². The van der Waals surface area contributed by atoms with E-state index in [9.17, 15) is 19.2 Å². The van der Waals surface area contributed by atoms with Gasteiger partial charge in [0.2, 0.25) is 0 Å². The third kappa shape index (κ3) is 13.1. The van der Waals surface area contributed by atoms with Gasteiger partial charge in [-0.2, -0.15) is 4.89 Å². The second-order valence-corrected chi connectivity index (χ2v) is 5.02. The summed E-state index contributed by atoms with van der Waals surface area (Å²) in [6.45, 7) is 2.89. The van der Waals surface area contributed by atoms with Crippen molar-refractivity contribution in [2.45, 2.75) is 45.1 Å². The summed E-state index contributed by atoms with van der Waals surface area (Å²) in [7, 11) is 0. The van der Waals surface area contributed by atoms with Crippen LogP contribution in [-0.4, -0.2) is 53.1 Å². The smallest absolute Gasteiger partial charge is 0.481 e. The summed E-state index contributed by atoms with van der Waals surface area (Å²) in [5.41, 5.74) is -0.919. The zero-order valence-corrected chi connectivity index (χ0v) is 12.9. The van der Waals surface area contributed by atoms with Crippen LogP contribution in [0.4, 0.5) is 4.79 Å². The highest BCUT2D eigenvalue weighted by atomic mass is 17.2. The molecule has 0 aliphatic heterocycles. The molecule has 0 saturated carbocycles. The molecule has 0 aliphatic carbocycles. The zero-order chi connectivity index (χ0) is 17.9. The monoisotopic (exact) mass is 336 g/mol. The van der Waals surface area contributed by atoms with Gasteiger partial charge in [-0.3, -0.25) is 19.3 Å². The van der Waals surface area contributed by atoms with Gasteiger partial charge in [0.1, 0.15) is 12.2 Å². The van der Waals surface area contributed by atoms with Crippen molar-refractivity contribution in [2.24, 2.45) is 0 Å². The van der Waals surface area contributed by atoms with Crippen molar-refractivity contribution in [1.82, 2.24) is 0 Å². The van der Waals surface area contributed by atoms with Crippen LogP contribution in [0.2, 0.25) is 0 Å². The molecule has 23 heavy (non-hydrogen) atoms. The van der Waals surface area contributed by atoms with Crippen molar-refractivity contribution < 1.29 is 48.6 Å². The van der Waals surface area contributed by atoms with E-state index in [1.165, 1.54) is 0 Å². The molecule has 10 nitrogen and oxygen atoms in total. The zero-order valence-electron chi connectivity index (χ0n) is 12.9. The van der Waals surface area contributed by atoms with E-state index in [4.69, 9.17) is 19.7 Å². The lowest BCUT2D eigenvalue weighted by Gasteiger charge is -2.24. The van der Waals surface area contributed by atoms with Crippen LogP contribution >= 0.6 is 0 Å². The van der Waals surface area contributed by atoms with Crippen molar-refractivity contribution in [2.75, 3.05) is 13.2 Å². The normalized spacial score (nSPS) is 10.7. The predicted molar refractivity (Wildman–Crippen MR) is 72.3 cm³/mol. The number of hydrogen-bond acceptors (Lipinski definition) is 8. The summed E-state index contributed by atoms with van der Waals surface area (Å²) in [4.78, 5) is 51.0. The highest BCUT2D eigenvalue weighted by Crippen LogP contribution is 2.16. The molecule has 0 amide bonds. The van der Waals surface area contributed by atoms with Crippen LogP contribution in [0.3, 0.4) is 0 Å². The highest BCUT2D eigenvalue weighted by molar-refractivity contribution is 5.76. The molecule has 2 N–H and O–H groups in total. The van der Waals surface area contributed by atoms with E-state index in [-0.39, 0.29) is 38.9 Å². The van der Waals surface area contributed by atoms with E-state index in [2.05, 4.69) is 9.78 Å². The van der Waals surface area contributed by atoms with Gasteiger partial charge in [0.15, 0.2) is 0 Å². The van der Waals surface area contributed by atoms with Gasteiger partial charge in [0.25, 0.3) is 0 Å². The molecule has 0 unspecified atom stereocenters. The molecule has 0 heterocycles. The summed E-state index contributed by atoms with van der Waals surface area (Å²) in [6.07, 6.45) is -2.16. The Balaban J connectivity index is 3.90. The second kappa shape index (κ2) is 10.4. The van der Waals surface area contributed by atoms with Crippen LogP contribution in [0.5, 0.6) is 0 Å². The third-order valence-electron chi connectivity index (χ3n) is 2.42. The Labute approximate surface area is 132 Å². The van der Waals surface area contributed by atoms with Gasteiger partial charge in [-0.05, 0) is 13.8 Å². The molecule has 0 fully saturated rings. The second-order valence-electron chi connectivity index (χ2n) is 5.02. The minimum absolute atomic E-state index is 0.0304. The van der Waals surface area contributed by atoms with E-state index >= 15 is 0 Å². The topological polar surface area (TPSA) is 146 Å². The van der Waals surface area contributed by atoms with Gasteiger partial charge >= 0.3 is 24.1 Å². The van der Waals surface area contributed by atoms with Crippen LogP contribution in [-0.2, 0) is 33.6 Å². The standard InChI is InChI=1S/C13H20O10/c1-13(2,6-8-20-10(16)4-3-9(14)15)22-11(17)5-7-21-23-12(18)19/h3-8H2,1-2H3,(H,14,15)(H,18,19). The first-order chi connectivity index (χ1) is 10.6. The quantitative estimate of drug-likeness (QED) is 0.243. The van der Waals surface area contributed by atoms with E-state index in [0.717, 1.165) is 0 Å². The van der Waals surface area contributed by atoms with Crippen LogP contribution in [0.25, 0.3) is 0 Å². The molecule has 0 atom stereocenters. The number of carboxylic acid groups (broad SMARTS) is 2. The molecule has 0 spiro atoms. The Bertz CT molecular complexity index is 428. The summed E-state index contributed by atoms with van der Waals surface area (Å²) in [5.74, 6) is -2.37. The molecule has 0 rings (SSSR count). The first-order valence-corrected chi connectivity index (χ1v) is 6.74. The number of aliphatic carboxylic acids is 1. The molecule has 0 bridgehead atoms. The largest absolute Gasteiger partial charge is 0.537 e. The van der Waals surface area contributed by atoms with E-state index < -0.39 is 29.7 Å². The number of esters is 2. The Kier molecular flexibility index (Phi) is 9.31. The van der Waals surface area contributed by atoms with E-state index in [1.54, 1.807) is 13.8 Å². The lowest BCUT2D eigenvalue weighted by Crippen LogP contribution is -2.30. The van der Waals surface area contributed by atoms with Gasteiger partial charge in [0, 0.05) is 6.42 Å². The summed E-state index contributed by atoms with van der Waals surface area (Å²) < 4.78 is 9.95. The van der Waals surface area contributed by atoms with E-state index in [1.807, 2.05) is 0 Å². The van der Waals surface area contributed by atoms with Gasteiger partial charge in [-0.1, -0.05) is 0 Å². The number of carboxylic acids is 1. The molecule has 10 heteroatoms. The third-order valence-corrected chi connectivity index (χ3v) is 2.42. The minimum atomic E-state index is -1.62. The molecule has 0 aromatic heterocycles. The lowest BCUT2D eigenvalue weighted by atomic mass is 10.1. The Morgan fingerprint density at radius 1 is 0.913 bits per heavy atom. The highest BCUT2D eigenvalue weighted by Gasteiger charge is 2.23. The molecule has 132 valence electrons. The maximum Gasteiger partial charge on any atom is 0.537 e. The molecule has 0 saturated heterocycles. The first kappa shape index (κ1) is 20.6. The number of carbonyl (C=O) groups excluding carboxylic acids is 2. The fraction of sp³-hybridized carbons (Fsp3) is 0.692. The molecular weight excluding hydrogens is 316 g/mol. The predicted octanol–water partition coefficient (Wildman–Crippen LogP) is 1.12. The van der Waals surface area contributed by atoms with Crippen LogP contribution < -0.4 is 0 Å². The number of rotatable bonds is 11. The Morgan fingerprint density at radius 2 is 1.57 bits per heavy atom. The van der Waals surface area contributed by atoms with Crippen molar-refractivity contribution in [3.8, 4) is 0 Å². The SMILES string of the molecule is CC(C)(CCOC(=O)CCC(=O)O)OC(=O)CCOOC(=O)O. The maximum absolute atomic E-state index is 11.5. The lowest BCUT2D eigenvalue weighted by molar-refractivity contribution is -0.252. The van der Waals surface area contributed by atoms with Crippen molar-refractivity contribution in [3.63, 3.8) is 0 Å². The van der Waals surface area contributed by atoms with E-state index in [0.29, 0.717) is 0 Å². The first-order valence-electron chi connectivity index (χ1n) is 6.74. The fourth-order valence-corrected chi connectivity index (χ4v) is 1.32. The fourth-order valence-electron chi connectivity index (χ4n) is 1.32. The minimum Gasteiger partial charge on any atom is -0.481 e. The van der Waals surface area contributed by atoms with Crippen molar-refractivity contribution in [3.05, 3.63) is 0 Å². The Morgan fingerprint density at radius 3 is 2.13 bits per heavy atom. The average molecular weight is 336 g/mol. The summed E-state index contributed by atoms with van der Waals surface area (Å²) in [5, 5.41) is 16.6. The van der Waals surface area contributed by atoms with Crippen molar-refractivity contribution in [1.29, 1.82) is 0 Å². The van der Waals surface area contributed by atoms with Crippen molar-refractivity contribution >= 4 is 24.1 Å². The molecule has 0 radical (unpaired) electrons. The van der Waals surface area contributed by atoms with Crippen LogP contribution in [0.15, 0.2) is 0 Å². The maximum atomic E-state index is 11.5. The number of hydrogen-bond donors (Lipinski definition) is 2.